The number of carbonyl (C=O) groups is 2. The lowest BCUT2D eigenvalue weighted by molar-refractivity contribution is -0.134. The van der Waals surface area contributed by atoms with Crippen molar-refractivity contribution in [1.82, 2.24) is 0 Å². The minimum Gasteiger partial charge on any atom is -0.299 e. The summed E-state index contributed by atoms with van der Waals surface area (Å²) in [7, 11) is 0. The first-order chi connectivity index (χ1) is 6.11. The summed E-state index contributed by atoms with van der Waals surface area (Å²) in [5.41, 5.74) is -0.718. The number of hydrogen-bond acceptors (Lipinski definition) is 2. The van der Waals surface area contributed by atoms with Gasteiger partial charge in [-0.25, -0.2) is 0 Å². The van der Waals surface area contributed by atoms with Crippen LogP contribution in [-0.4, -0.2) is 11.6 Å². The Morgan fingerprint density at radius 2 is 1.85 bits per heavy atom. The minimum absolute atomic E-state index is 0.0930. The zero-order chi connectivity index (χ0) is 9.90. The molecule has 2 heteroatoms. The van der Waals surface area contributed by atoms with E-state index in [1.54, 1.807) is 13.8 Å². The Hall–Kier alpha value is -1.10. The van der Waals surface area contributed by atoms with Gasteiger partial charge < -0.3 is 0 Å². The lowest BCUT2D eigenvalue weighted by Gasteiger charge is -2.18. The molecular weight excluding hydrogens is 164 g/mol. The lowest BCUT2D eigenvalue weighted by atomic mass is 9.82. The first-order valence-corrected chi connectivity index (χ1v) is 4.57. The third kappa shape index (κ3) is 1.80. The smallest absolute Gasteiger partial charge is 0.146 e. The number of ketones is 2. The molecule has 0 heterocycles. The number of carbonyl (C=O) groups excluding carboxylic acids is 2. The van der Waals surface area contributed by atoms with Gasteiger partial charge in [-0.1, -0.05) is 0 Å². The Bertz CT molecular complexity index is 275. The molecule has 0 radical (unpaired) electrons. The Balaban J connectivity index is 2.66. The third-order valence-corrected chi connectivity index (χ3v) is 2.74. The number of rotatable bonds is 2. The summed E-state index contributed by atoms with van der Waals surface area (Å²) in [6.45, 7) is 3.52. The predicted molar refractivity (Wildman–Crippen MR) is 50.0 cm³/mol. The molecular formula is C11H14O2. The molecule has 1 rings (SSSR count). The van der Waals surface area contributed by atoms with Gasteiger partial charge in [-0.15, -0.1) is 11.8 Å². The zero-order valence-electron chi connectivity index (χ0n) is 8.14. The maximum Gasteiger partial charge on any atom is 0.146 e. The monoisotopic (exact) mass is 178 g/mol. The fourth-order valence-corrected chi connectivity index (χ4v) is 1.65. The zero-order valence-corrected chi connectivity index (χ0v) is 8.14. The molecule has 0 unspecified atom stereocenters. The molecule has 1 saturated carbocycles. The molecule has 0 spiro atoms. The van der Waals surface area contributed by atoms with Crippen LogP contribution >= 0.6 is 0 Å². The topological polar surface area (TPSA) is 34.1 Å². The quantitative estimate of drug-likeness (QED) is 0.476. The molecule has 0 saturated heterocycles. The van der Waals surface area contributed by atoms with Crippen LogP contribution < -0.4 is 0 Å². The first-order valence-electron chi connectivity index (χ1n) is 4.57. The molecule has 1 aliphatic carbocycles. The summed E-state index contributed by atoms with van der Waals surface area (Å²) in [5, 5.41) is 0. The second-order valence-electron chi connectivity index (χ2n) is 3.61. The first kappa shape index (κ1) is 9.98. The van der Waals surface area contributed by atoms with Crippen LogP contribution in [0.15, 0.2) is 0 Å². The second kappa shape index (κ2) is 3.74. The van der Waals surface area contributed by atoms with Gasteiger partial charge >= 0.3 is 0 Å². The average molecular weight is 178 g/mol. The summed E-state index contributed by atoms with van der Waals surface area (Å²) < 4.78 is 0. The molecule has 0 aliphatic heterocycles. The van der Waals surface area contributed by atoms with E-state index in [0.717, 1.165) is 0 Å². The summed E-state index contributed by atoms with van der Waals surface area (Å²) in [5.74, 6) is 5.84. The fraction of sp³-hybridized carbons (Fsp3) is 0.636. The SMILES string of the molecule is CC#CCCC1(C)C(=O)CCC1=O. The van der Waals surface area contributed by atoms with Crippen molar-refractivity contribution in [2.45, 2.75) is 39.5 Å². The largest absolute Gasteiger partial charge is 0.299 e. The predicted octanol–water partition coefficient (Wildman–Crippen LogP) is 1.73. The van der Waals surface area contributed by atoms with Gasteiger partial charge in [-0.05, 0) is 20.3 Å². The van der Waals surface area contributed by atoms with Crippen molar-refractivity contribution < 1.29 is 9.59 Å². The molecule has 0 aromatic carbocycles. The van der Waals surface area contributed by atoms with Crippen molar-refractivity contribution in [2.75, 3.05) is 0 Å². The van der Waals surface area contributed by atoms with Crippen LogP contribution in [0.3, 0.4) is 0 Å². The van der Waals surface area contributed by atoms with Crippen LogP contribution in [0, 0.1) is 17.3 Å². The van der Waals surface area contributed by atoms with E-state index >= 15 is 0 Å². The van der Waals surface area contributed by atoms with Crippen molar-refractivity contribution in [3.63, 3.8) is 0 Å². The third-order valence-electron chi connectivity index (χ3n) is 2.74. The standard InChI is InChI=1S/C11H14O2/c1-3-4-5-8-11(2)9(12)6-7-10(11)13/h5-8H2,1-2H3. The van der Waals surface area contributed by atoms with E-state index in [0.29, 0.717) is 25.7 Å². The Labute approximate surface area is 78.7 Å². The van der Waals surface area contributed by atoms with Crippen molar-refractivity contribution >= 4 is 11.6 Å². The molecule has 0 bridgehead atoms. The van der Waals surface area contributed by atoms with Crippen LogP contribution in [0.25, 0.3) is 0 Å². The molecule has 70 valence electrons. The van der Waals surface area contributed by atoms with Crippen molar-refractivity contribution in [3.05, 3.63) is 0 Å². The van der Waals surface area contributed by atoms with Crippen molar-refractivity contribution in [2.24, 2.45) is 5.41 Å². The molecule has 2 nitrogen and oxygen atoms in total. The minimum atomic E-state index is -0.718. The van der Waals surface area contributed by atoms with E-state index in [2.05, 4.69) is 11.8 Å². The van der Waals surface area contributed by atoms with Gasteiger partial charge in [0.25, 0.3) is 0 Å². The van der Waals surface area contributed by atoms with Crippen molar-refractivity contribution in [3.8, 4) is 11.8 Å². The van der Waals surface area contributed by atoms with E-state index in [9.17, 15) is 9.59 Å². The van der Waals surface area contributed by atoms with E-state index in [-0.39, 0.29) is 11.6 Å². The van der Waals surface area contributed by atoms with Crippen LogP contribution in [0.4, 0.5) is 0 Å². The summed E-state index contributed by atoms with van der Waals surface area (Å²) in [6, 6.07) is 0. The highest BCUT2D eigenvalue weighted by atomic mass is 16.2. The molecule has 0 atom stereocenters. The average Bonchev–Trinajstić information content (AvgIpc) is 2.35. The maximum absolute atomic E-state index is 11.4. The van der Waals surface area contributed by atoms with E-state index in [1.165, 1.54) is 0 Å². The molecule has 1 fully saturated rings. The highest BCUT2D eigenvalue weighted by Crippen LogP contribution is 2.34. The Kier molecular flexibility index (Phi) is 2.87. The van der Waals surface area contributed by atoms with Gasteiger partial charge in [0.2, 0.25) is 0 Å². The molecule has 0 aromatic heterocycles. The lowest BCUT2D eigenvalue weighted by Crippen LogP contribution is -2.28. The highest BCUT2D eigenvalue weighted by Gasteiger charge is 2.44. The van der Waals surface area contributed by atoms with Crippen molar-refractivity contribution in [1.29, 1.82) is 0 Å². The van der Waals surface area contributed by atoms with Gasteiger partial charge in [0, 0.05) is 19.3 Å². The van der Waals surface area contributed by atoms with Gasteiger partial charge in [-0.3, -0.25) is 9.59 Å². The van der Waals surface area contributed by atoms with Crippen LogP contribution in [0.1, 0.15) is 39.5 Å². The molecule has 0 amide bonds. The van der Waals surface area contributed by atoms with Crippen LogP contribution in [0.2, 0.25) is 0 Å². The molecule has 0 aromatic rings. The molecule has 13 heavy (non-hydrogen) atoms. The van der Waals surface area contributed by atoms with E-state index < -0.39 is 5.41 Å². The summed E-state index contributed by atoms with van der Waals surface area (Å²) in [4.78, 5) is 22.9. The highest BCUT2D eigenvalue weighted by molar-refractivity contribution is 6.12. The second-order valence-corrected chi connectivity index (χ2v) is 3.61. The summed E-state index contributed by atoms with van der Waals surface area (Å²) >= 11 is 0. The summed E-state index contributed by atoms with van der Waals surface area (Å²) in [6.07, 6.45) is 2.08. The van der Waals surface area contributed by atoms with E-state index in [4.69, 9.17) is 0 Å². The molecule has 0 N–H and O–H groups in total. The van der Waals surface area contributed by atoms with E-state index in [1.807, 2.05) is 0 Å². The van der Waals surface area contributed by atoms with Gasteiger partial charge in [0.05, 0.1) is 5.41 Å². The van der Waals surface area contributed by atoms with Gasteiger partial charge in [0.1, 0.15) is 11.6 Å². The Morgan fingerprint density at radius 3 is 2.31 bits per heavy atom. The fourth-order valence-electron chi connectivity index (χ4n) is 1.65. The normalized spacial score (nSPS) is 19.8. The van der Waals surface area contributed by atoms with Gasteiger partial charge in [0.15, 0.2) is 0 Å². The maximum atomic E-state index is 11.4. The molecule has 1 aliphatic rings. The van der Waals surface area contributed by atoms with Crippen LogP contribution in [-0.2, 0) is 9.59 Å². The Morgan fingerprint density at radius 1 is 1.31 bits per heavy atom. The van der Waals surface area contributed by atoms with Crippen LogP contribution in [0.5, 0.6) is 0 Å². The number of Topliss-reactive ketones (excluding diaryl/α,β-unsaturated/α-hetero) is 2. The number of hydrogen-bond donors (Lipinski definition) is 0. The van der Waals surface area contributed by atoms with Gasteiger partial charge in [-0.2, -0.15) is 0 Å².